The van der Waals surface area contributed by atoms with Crippen LogP contribution in [0.1, 0.15) is 24.8 Å². The number of urea groups is 1. The van der Waals surface area contributed by atoms with E-state index in [1.54, 1.807) is 14.2 Å². The average molecular weight is 403 g/mol. The number of rotatable bonds is 7. The lowest BCUT2D eigenvalue weighted by Gasteiger charge is -2.35. The predicted molar refractivity (Wildman–Crippen MR) is 112 cm³/mol. The van der Waals surface area contributed by atoms with Gasteiger partial charge in [0, 0.05) is 57.4 Å². The number of amides is 2. The Hall–Kier alpha value is -1.99. The highest BCUT2D eigenvalue weighted by Crippen LogP contribution is 2.31. The van der Waals surface area contributed by atoms with E-state index in [1.165, 1.54) is 25.8 Å². The second kappa shape index (κ2) is 9.22. The Bertz CT molecular complexity index is 701. The molecule has 160 valence electrons. The molecule has 1 aromatic rings. The van der Waals surface area contributed by atoms with Crippen molar-refractivity contribution in [3.05, 3.63) is 23.8 Å². The summed E-state index contributed by atoms with van der Waals surface area (Å²) in [4.78, 5) is 19.5. The van der Waals surface area contributed by atoms with Crippen molar-refractivity contribution in [2.45, 2.75) is 31.8 Å². The smallest absolute Gasteiger partial charge is 0.317 e. The van der Waals surface area contributed by atoms with Gasteiger partial charge in [-0.1, -0.05) is 0 Å². The van der Waals surface area contributed by atoms with Crippen molar-refractivity contribution >= 4 is 6.03 Å². The number of likely N-dealkylation sites (tertiary alicyclic amines) is 1. The number of nitrogens with one attached hydrogen (secondary N) is 1. The summed E-state index contributed by atoms with van der Waals surface area (Å²) < 4.78 is 10.8. The fourth-order valence-electron chi connectivity index (χ4n) is 4.50. The SMILES string of the molecule is COc1ccc(OC)c(CN2CCN(C(=O)NCC3CCN(C4CC4)C3)CC2)c1. The van der Waals surface area contributed by atoms with Gasteiger partial charge in [0.1, 0.15) is 11.5 Å². The highest BCUT2D eigenvalue weighted by Gasteiger charge is 2.34. The largest absolute Gasteiger partial charge is 0.497 e. The molecule has 1 atom stereocenters. The summed E-state index contributed by atoms with van der Waals surface area (Å²) in [5.74, 6) is 2.33. The van der Waals surface area contributed by atoms with E-state index in [0.29, 0.717) is 5.92 Å². The molecule has 3 aliphatic rings. The maximum absolute atomic E-state index is 12.6. The second-order valence-corrected chi connectivity index (χ2v) is 8.51. The standard InChI is InChI=1S/C22H34N4O3/c1-28-20-5-6-21(29-2)18(13-20)16-24-9-11-25(12-10-24)22(27)23-14-17-7-8-26(15-17)19-3-4-19/h5-6,13,17,19H,3-4,7-12,14-16H2,1-2H3,(H,23,27). The van der Waals surface area contributed by atoms with E-state index in [1.807, 2.05) is 23.1 Å². The topological polar surface area (TPSA) is 57.3 Å². The molecule has 1 N–H and O–H groups in total. The van der Waals surface area contributed by atoms with Crippen LogP contribution < -0.4 is 14.8 Å². The molecule has 1 saturated carbocycles. The molecule has 0 radical (unpaired) electrons. The molecule has 2 saturated heterocycles. The van der Waals surface area contributed by atoms with Crippen molar-refractivity contribution in [3.63, 3.8) is 0 Å². The van der Waals surface area contributed by atoms with E-state index in [0.717, 1.165) is 68.9 Å². The second-order valence-electron chi connectivity index (χ2n) is 8.51. The minimum atomic E-state index is 0.0912. The van der Waals surface area contributed by atoms with Crippen molar-refractivity contribution in [2.75, 3.05) is 60.0 Å². The molecule has 0 bridgehead atoms. The molecule has 3 fully saturated rings. The molecule has 7 heteroatoms. The van der Waals surface area contributed by atoms with Crippen molar-refractivity contribution in [1.29, 1.82) is 0 Å². The van der Waals surface area contributed by atoms with Gasteiger partial charge in [0.25, 0.3) is 0 Å². The maximum Gasteiger partial charge on any atom is 0.317 e. The van der Waals surface area contributed by atoms with Crippen LogP contribution in [0.15, 0.2) is 18.2 Å². The van der Waals surface area contributed by atoms with E-state index in [2.05, 4.69) is 15.1 Å². The van der Waals surface area contributed by atoms with E-state index in [-0.39, 0.29) is 6.03 Å². The van der Waals surface area contributed by atoms with Gasteiger partial charge in [-0.05, 0) is 49.9 Å². The maximum atomic E-state index is 12.6. The van der Waals surface area contributed by atoms with E-state index < -0.39 is 0 Å². The predicted octanol–water partition coefficient (Wildman–Crippen LogP) is 2.02. The highest BCUT2D eigenvalue weighted by atomic mass is 16.5. The third-order valence-corrected chi connectivity index (χ3v) is 6.46. The summed E-state index contributed by atoms with van der Waals surface area (Å²) in [6.45, 7) is 7.23. The molecule has 4 rings (SSSR count). The molecular formula is C22H34N4O3. The lowest BCUT2D eigenvalue weighted by atomic mass is 10.1. The minimum absolute atomic E-state index is 0.0912. The summed E-state index contributed by atoms with van der Waals surface area (Å²) in [6.07, 6.45) is 3.95. The van der Waals surface area contributed by atoms with Crippen LogP contribution in [0.3, 0.4) is 0 Å². The van der Waals surface area contributed by atoms with Crippen LogP contribution in [0.25, 0.3) is 0 Å². The number of hydrogen-bond donors (Lipinski definition) is 1. The van der Waals surface area contributed by atoms with E-state index in [4.69, 9.17) is 9.47 Å². The number of hydrogen-bond acceptors (Lipinski definition) is 5. The Kier molecular flexibility index (Phi) is 6.45. The molecule has 1 aliphatic carbocycles. The molecular weight excluding hydrogens is 368 g/mol. The first-order valence-corrected chi connectivity index (χ1v) is 10.9. The zero-order valence-electron chi connectivity index (χ0n) is 17.7. The van der Waals surface area contributed by atoms with Crippen LogP contribution in [0.5, 0.6) is 11.5 Å². The quantitative estimate of drug-likeness (QED) is 0.756. The normalized spacial score (nSPS) is 23.2. The van der Waals surface area contributed by atoms with Crippen molar-refractivity contribution < 1.29 is 14.3 Å². The Balaban J connectivity index is 1.20. The van der Waals surface area contributed by atoms with Gasteiger partial charge in [-0.2, -0.15) is 0 Å². The molecule has 0 aromatic heterocycles. The average Bonchev–Trinajstić information content (AvgIpc) is 3.50. The molecule has 2 amide bonds. The monoisotopic (exact) mass is 402 g/mol. The summed E-state index contributed by atoms with van der Waals surface area (Å²) in [6, 6.07) is 6.83. The third kappa shape index (κ3) is 5.14. The van der Waals surface area contributed by atoms with Crippen LogP contribution in [0, 0.1) is 5.92 Å². The first-order valence-electron chi connectivity index (χ1n) is 10.9. The van der Waals surface area contributed by atoms with Crippen molar-refractivity contribution in [1.82, 2.24) is 20.0 Å². The Morgan fingerprint density at radius 3 is 2.55 bits per heavy atom. The van der Waals surface area contributed by atoms with Gasteiger partial charge in [0.05, 0.1) is 14.2 Å². The van der Waals surface area contributed by atoms with Gasteiger partial charge in [-0.25, -0.2) is 4.79 Å². The minimum Gasteiger partial charge on any atom is -0.497 e. The first kappa shape index (κ1) is 20.3. The summed E-state index contributed by atoms with van der Waals surface area (Å²) >= 11 is 0. The van der Waals surface area contributed by atoms with Crippen LogP contribution in [0.4, 0.5) is 4.79 Å². The van der Waals surface area contributed by atoms with Crippen LogP contribution >= 0.6 is 0 Å². The number of piperazine rings is 1. The fraction of sp³-hybridized carbons (Fsp3) is 0.682. The van der Waals surface area contributed by atoms with Gasteiger partial charge >= 0.3 is 6.03 Å². The Morgan fingerprint density at radius 2 is 1.86 bits per heavy atom. The van der Waals surface area contributed by atoms with Gasteiger partial charge in [0.2, 0.25) is 0 Å². The summed E-state index contributed by atoms with van der Waals surface area (Å²) in [5.41, 5.74) is 1.12. The lowest BCUT2D eigenvalue weighted by molar-refractivity contribution is 0.134. The van der Waals surface area contributed by atoms with Crippen LogP contribution in [0.2, 0.25) is 0 Å². The zero-order chi connectivity index (χ0) is 20.2. The molecule has 1 unspecified atom stereocenters. The van der Waals surface area contributed by atoms with Crippen LogP contribution in [-0.2, 0) is 6.54 Å². The summed E-state index contributed by atoms with van der Waals surface area (Å²) in [5, 5.41) is 3.18. The number of nitrogens with zero attached hydrogens (tertiary/aromatic N) is 3. The van der Waals surface area contributed by atoms with Crippen molar-refractivity contribution in [2.24, 2.45) is 5.92 Å². The first-order chi connectivity index (χ1) is 14.2. The third-order valence-electron chi connectivity index (χ3n) is 6.46. The molecule has 2 heterocycles. The molecule has 1 aromatic carbocycles. The number of benzene rings is 1. The van der Waals surface area contributed by atoms with Crippen LogP contribution in [-0.4, -0.2) is 86.8 Å². The van der Waals surface area contributed by atoms with E-state index >= 15 is 0 Å². The van der Waals surface area contributed by atoms with Gasteiger partial charge in [-0.15, -0.1) is 0 Å². The fourth-order valence-corrected chi connectivity index (χ4v) is 4.50. The highest BCUT2D eigenvalue weighted by molar-refractivity contribution is 5.74. The Labute approximate surface area is 173 Å². The van der Waals surface area contributed by atoms with Gasteiger partial charge in [0.15, 0.2) is 0 Å². The number of methoxy groups -OCH3 is 2. The molecule has 7 nitrogen and oxygen atoms in total. The van der Waals surface area contributed by atoms with Gasteiger partial charge < -0.3 is 24.6 Å². The zero-order valence-corrected chi connectivity index (χ0v) is 17.7. The molecule has 2 aliphatic heterocycles. The Morgan fingerprint density at radius 1 is 1.07 bits per heavy atom. The number of ether oxygens (including phenoxy) is 2. The number of carbonyl (C=O) groups is 1. The van der Waals surface area contributed by atoms with Gasteiger partial charge in [-0.3, -0.25) is 4.90 Å². The van der Waals surface area contributed by atoms with E-state index in [9.17, 15) is 4.79 Å². The summed E-state index contributed by atoms with van der Waals surface area (Å²) in [7, 11) is 3.37. The lowest BCUT2D eigenvalue weighted by Crippen LogP contribution is -2.52. The number of carbonyl (C=O) groups excluding carboxylic acids is 1. The molecule has 0 spiro atoms. The van der Waals surface area contributed by atoms with Crippen molar-refractivity contribution in [3.8, 4) is 11.5 Å². The molecule has 29 heavy (non-hydrogen) atoms.